The normalized spacial score (nSPS) is 22.8. The van der Waals surface area contributed by atoms with Crippen LogP contribution in [0.3, 0.4) is 0 Å². The zero-order valence-electron chi connectivity index (χ0n) is 10.4. The van der Waals surface area contributed by atoms with Gasteiger partial charge in [0.15, 0.2) is 11.5 Å². The summed E-state index contributed by atoms with van der Waals surface area (Å²) in [7, 11) is 0. The van der Waals surface area contributed by atoms with Crippen molar-refractivity contribution in [2.24, 2.45) is 0 Å². The van der Waals surface area contributed by atoms with Crippen molar-refractivity contribution in [1.82, 2.24) is 5.32 Å². The lowest BCUT2D eigenvalue weighted by Gasteiger charge is -2.26. The molecule has 1 unspecified atom stereocenters. The molecule has 1 fully saturated rings. The smallest absolute Gasteiger partial charge is 0.168 e. The lowest BCUT2D eigenvalue weighted by atomic mass is 9.96. The molecule has 18 heavy (non-hydrogen) atoms. The molecule has 2 aliphatic rings. The van der Waals surface area contributed by atoms with Gasteiger partial charge in [-0.25, -0.2) is 0 Å². The number of fused-ring (bicyclic) bond motifs is 1. The predicted molar refractivity (Wildman–Crippen MR) is 68.4 cm³/mol. The van der Waals surface area contributed by atoms with Gasteiger partial charge in [-0.3, -0.25) is 0 Å². The van der Waals surface area contributed by atoms with Gasteiger partial charge >= 0.3 is 0 Å². The van der Waals surface area contributed by atoms with Crippen molar-refractivity contribution in [2.75, 3.05) is 19.8 Å². The minimum atomic E-state index is 0.312. The molecule has 0 aromatic heterocycles. The van der Waals surface area contributed by atoms with Gasteiger partial charge in [0, 0.05) is 11.6 Å². The molecule has 1 saturated heterocycles. The van der Waals surface area contributed by atoms with Gasteiger partial charge < -0.3 is 19.9 Å². The number of phenolic OH excluding ortho intramolecular Hbond substituents is 1. The van der Waals surface area contributed by atoms with Crippen molar-refractivity contribution in [1.29, 1.82) is 0 Å². The Morgan fingerprint density at radius 1 is 1.22 bits per heavy atom. The van der Waals surface area contributed by atoms with E-state index in [0.29, 0.717) is 25.0 Å². The van der Waals surface area contributed by atoms with E-state index in [1.165, 1.54) is 12.8 Å². The van der Waals surface area contributed by atoms with Crippen LogP contribution >= 0.6 is 0 Å². The third-order valence-corrected chi connectivity index (χ3v) is 3.65. The van der Waals surface area contributed by atoms with E-state index < -0.39 is 0 Å². The maximum atomic E-state index is 10.0. The Morgan fingerprint density at radius 3 is 2.94 bits per heavy atom. The topological polar surface area (TPSA) is 50.7 Å². The SMILES string of the molecule is Oc1ccc2c(c1CC1CCCCN1)OCCO2. The van der Waals surface area contributed by atoms with Gasteiger partial charge in [-0.05, 0) is 37.9 Å². The molecule has 0 bridgehead atoms. The molecule has 0 spiro atoms. The van der Waals surface area contributed by atoms with Crippen LogP contribution in [0.2, 0.25) is 0 Å². The molecule has 2 N–H and O–H groups in total. The summed E-state index contributed by atoms with van der Waals surface area (Å²) < 4.78 is 11.2. The summed E-state index contributed by atoms with van der Waals surface area (Å²) in [5, 5.41) is 13.5. The highest BCUT2D eigenvalue weighted by molar-refractivity contribution is 5.54. The number of hydrogen-bond donors (Lipinski definition) is 2. The van der Waals surface area contributed by atoms with E-state index in [1.54, 1.807) is 12.1 Å². The van der Waals surface area contributed by atoms with Crippen LogP contribution in [-0.2, 0) is 6.42 Å². The first-order valence-corrected chi connectivity index (χ1v) is 6.68. The lowest BCUT2D eigenvalue weighted by molar-refractivity contribution is 0.168. The molecule has 98 valence electrons. The van der Waals surface area contributed by atoms with Crippen LogP contribution in [0.15, 0.2) is 12.1 Å². The molecular formula is C14H19NO3. The monoisotopic (exact) mass is 249 g/mol. The number of ether oxygens (including phenoxy) is 2. The average Bonchev–Trinajstić information content (AvgIpc) is 2.43. The molecule has 3 rings (SSSR count). The fourth-order valence-corrected chi connectivity index (χ4v) is 2.71. The first kappa shape index (κ1) is 11.7. The van der Waals surface area contributed by atoms with Gasteiger partial charge in [-0.15, -0.1) is 0 Å². The predicted octanol–water partition coefficient (Wildman–Crippen LogP) is 1.85. The first-order valence-electron chi connectivity index (χ1n) is 6.68. The van der Waals surface area contributed by atoms with E-state index >= 15 is 0 Å². The summed E-state index contributed by atoms with van der Waals surface area (Å²) in [5.41, 5.74) is 0.881. The highest BCUT2D eigenvalue weighted by Crippen LogP contribution is 2.39. The van der Waals surface area contributed by atoms with Gasteiger partial charge in [0.25, 0.3) is 0 Å². The van der Waals surface area contributed by atoms with E-state index in [1.807, 2.05) is 0 Å². The van der Waals surface area contributed by atoms with E-state index in [-0.39, 0.29) is 0 Å². The second-order valence-corrected chi connectivity index (χ2v) is 4.94. The molecule has 2 aliphatic heterocycles. The largest absolute Gasteiger partial charge is 0.508 e. The Kier molecular flexibility index (Phi) is 3.28. The van der Waals surface area contributed by atoms with E-state index in [2.05, 4.69) is 5.32 Å². The summed E-state index contributed by atoms with van der Waals surface area (Å²) in [6.45, 7) is 2.21. The third-order valence-electron chi connectivity index (χ3n) is 3.65. The fourth-order valence-electron chi connectivity index (χ4n) is 2.71. The van der Waals surface area contributed by atoms with E-state index in [9.17, 15) is 5.11 Å². The fraction of sp³-hybridized carbons (Fsp3) is 0.571. The molecule has 1 atom stereocenters. The molecule has 4 nitrogen and oxygen atoms in total. The Morgan fingerprint density at radius 2 is 2.11 bits per heavy atom. The lowest BCUT2D eigenvalue weighted by Crippen LogP contribution is -2.35. The molecule has 0 aliphatic carbocycles. The summed E-state index contributed by atoms with van der Waals surface area (Å²) in [6.07, 6.45) is 4.46. The summed E-state index contributed by atoms with van der Waals surface area (Å²) in [6, 6.07) is 3.91. The number of piperidine rings is 1. The zero-order valence-corrected chi connectivity index (χ0v) is 10.4. The van der Waals surface area contributed by atoms with Crippen molar-refractivity contribution < 1.29 is 14.6 Å². The second-order valence-electron chi connectivity index (χ2n) is 4.94. The number of rotatable bonds is 2. The van der Waals surface area contributed by atoms with Crippen molar-refractivity contribution in [3.05, 3.63) is 17.7 Å². The molecule has 0 radical (unpaired) electrons. The summed E-state index contributed by atoms with van der Waals surface area (Å²) in [5.74, 6) is 1.80. The van der Waals surface area contributed by atoms with Crippen LogP contribution in [-0.4, -0.2) is 30.9 Å². The van der Waals surface area contributed by atoms with Crippen molar-refractivity contribution in [3.8, 4) is 17.2 Å². The Labute approximate surface area is 107 Å². The van der Waals surface area contributed by atoms with Crippen LogP contribution < -0.4 is 14.8 Å². The zero-order chi connectivity index (χ0) is 12.4. The second kappa shape index (κ2) is 5.06. The van der Waals surface area contributed by atoms with Crippen LogP contribution in [0, 0.1) is 0 Å². The van der Waals surface area contributed by atoms with E-state index in [0.717, 1.165) is 36.4 Å². The van der Waals surface area contributed by atoms with Gasteiger partial charge in [-0.2, -0.15) is 0 Å². The van der Waals surface area contributed by atoms with Crippen LogP contribution in [0.5, 0.6) is 17.2 Å². The average molecular weight is 249 g/mol. The van der Waals surface area contributed by atoms with Crippen LogP contribution in [0.25, 0.3) is 0 Å². The maximum Gasteiger partial charge on any atom is 0.168 e. The van der Waals surface area contributed by atoms with Gasteiger partial charge in [0.2, 0.25) is 0 Å². The summed E-state index contributed by atoms with van der Waals surface area (Å²) in [4.78, 5) is 0. The summed E-state index contributed by atoms with van der Waals surface area (Å²) >= 11 is 0. The molecule has 2 heterocycles. The number of benzene rings is 1. The molecule has 0 saturated carbocycles. The van der Waals surface area contributed by atoms with Crippen LogP contribution in [0.1, 0.15) is 24.8 Å². The van der Waals surface area contributed by atoms with Gasteiger partial charge in [0.05, 0.1) is 0 Å². The van der Waals surface area contributed by atoms with Gasteiger partial charge in [-0.1, -0.05) is 6.42 Å². The third kappa shape index (κ3) is 2.25. The molecule has 0 amide bonds. The molecule has 1 aromatic rings. The number of aromatic hydroxyl groups is 1. The van der Waals surface area contributed by atoms with E-state index in [4.69, 9.17) is 9.47 Å². The Bertz CT molecular complexity index is 427. The van der Waals surface area contributed by atoms with Gasteiger partial charge in [0.1, 0.15) is 19.0 Å². The standard InChI is InChI=1S/C14H19NO3/c16-12-4-5-13-14(18-8-7-17-13)11(12)9-10-3-1-2-6-15-10/h4-5,10,15-16H,1-3,6-9H2. The molecule has 4 heteroatoms. The van der Waals surface area contributed by atoms with Crippen molar-refractivity contribution in [3.63, 3.8) is 0 Å². The number of phenols is 1. The molecule has 1 aromatic carbocycles. The Balaban J connectivity index is 1.85. The number of hydrogen-bond acceptors (Lipinski definition) is 4. The molecular weight excluding hydrogens is 230 g/mol. The quantitative estimate of drug-likeness (QED) is 0.840. The number of nitrogens with one attached hydrogen (secondary N) is 1. The highest BCUT2D eigenvalue weighted by atomic mass is 16.6. The maximum absolute atomic E-state index is 10.0. The Hall–Kier alpha value is -1.42. The van der Waals surface area contributed by atoms with Crippen molar-refractivity contribution >= 4 is 0 Å². The first-order chi connectivity index (χ1) is 8.84. The van der Waals surface area contributed by atoms with Crippen molar-refractivity contribution in [2.45, 2.75) is 31.7 Å². The minimum Gasteiger partial charge on any atom is -0.508 e. The minimum absolute atomic E-state index is 0.312. The highest BCUT2D eigenvalue weighted by Gasteiger charge is 2.22. The van der Waals surface area contributed by atoms with Crippen LogP contribution in [0.4, 0.5) is 0 Å².